The molecule has 1 atom stereocenters. The molecule has 5 nitrogen and oxygen atoms in total. The highest BCUT2D eigenvalue weighted by molar-refractivity contribution is 5.76. The summed E-state index contributed by atoms with van der Waals surface area (Å²) in [5.74, 6) is 0.304. The van der Waals surface area contributed by atoms with Gasteiger partial charge in [0.1, 0.15) is 0 Å². The van der Waals surface area contributed by atoms with Crippen molar-refractivity contribution in [3.63, 3.8) is 0 Å². The zero-order valence-electron chi connectivity index (χ0n) is 16.3. The quantitative estimate of drug-likeness (QED) is 0.723. The van der Waals surface area contributed by atoms with E-state index >= 15 is 0 Å². The van der Waals surface area contributed by atoms with Gasteiger partial charge in [-0.3, -0.25) is 14.6 Å². The van der Waals surface area contributed by atoms with Crippen LogP contribution >= 0.6 is 0 Å². The normalized spacial score (nSPS) is 31.4. The van der Waals surface area contributed by atoms with Crippen molar-refractivity contribution in [2.24, 2.45) is 0 Å². The van der Waals surface area contributed by atoms with Crippen LogP contribution in [0.1, 0.15) is 39.0 Å². The Morgan fingerprint density at radius 1 is 1.16 bits per heavy atom. The number of likely N-dealkylation sites (N-methyl/N-ethyl adjacent to an activating group) is 1. The zero-order chi connectivity index (χ0) is 17.9. The molecule has 142 valence electrons. The summed E-state index contributed by atoms with van der Waals surface area (Å²) in [6.45, 7) is 14.7. The topological polar surface area (TPSA) is 30.0 Å². The van der Waals surface area contributed by atoms with Crippen LogP contribution in [0.4, 0.5) is 0 Å². The van der Waals surface area contributed by atoms with Gasteiger partial charge >= 0.3 is 0 Å². The van der Waals surface area contributed by atoms with Crippen LogP contribution in [0.2, 0.25) is 0 Å². The highest BCUT2D eigenvalue weighted by Crippen LogP contribution is 2.34. The third-order valence-corrected chi connectivity index (χ3v) is 6.90. The summed E-state index contributed by atoms with van der Waals surface area (Å²) in [5, 5.41) is 0. The summed E-state index contributed by atoms with van der Waals surface area (Å²) in [5.41, 5.74) is 0.172. The maximum atomic E-state index is 12.4. The lowest BCUT2D eigenvalue weighted by molar-refractivity contribution is -0.130. The highest BCUT2D eigenvalue weighted by Gasteiger charge is 2.43. The first-order valence-corrected chi connectivity index (χ1v) is 10.1. The van der Waals surface area contributed by atoms with Gasteiger partial charge in [-0.2, -0.15) is 0 Å². The van der Waals surface area contributed by atoms with Crippen LogP contribution in [0.15, 0.2) is 12.7 Å². The van der Waals surface area contributed by atoms with Crippen LogP contribution in [0, 0.1) is 0 Å². The lowest BCUT2D eigenvalue weighted by Crippen LogP contribution is -2.63. The molecule has 0 aliphatic carbocycles. The number of nitrogens with zero attached hydrogens (tertiary/aromatic N) is 4. The summed E-state index contributed by atoms with van der Waals surface area (Å²) < 4.78 is 0. The first kappa shape index (κ1) is 18.9. The van der Waals surface area contributed by atoms with Crippen molar-refractivity contribution in [1.29, 1.82) is 0 Å². The Balaban J connectivity index is 1.66. The second-order valence-corrected chi connectivity index (χ2v) is 8.16. The van der Waals surface area contributed by atoms with Crippen LogP contribution in [0.25, 0.3) is 0 Å². The molecular formula is C20H36N4O. The van der Waals surface area contributed by atoms with Crippen molar-refractivity contribution in [3.05, 3.63) is 12.7 Å². The smallest absolute Gasteiger partial charge is 0.222 e. The molecule has 5 heteroatoms. The van der Waals surface area contributed by atoms with Gasteiger partial charge in [0.15, 0.2) is 0 Å². The van der Waals surface area contributed by atoms with Crippen molar-refractivity contribution in [3.8, 4) is 0 Å². The Morgan fingerprint density at radius 2 is 1.92 bits per heavy atom. The molecule has 3 rings (SSSR count). The second-order valence-electron chi connectivity index (χ2n) is 8.16. The standard InChI is InChI=1S/C20H36N4O/c1-4-11-23-14-10-20(9-6-19(23)25)17-24(16-15-21(20)3)18-7-12-22(5-2)13-8-18/h4,18H,1,5-17H2,2-3H3/t20-/m1/s1. The summed E-state index contributed by atoms with van der Waals surface area (Å²) in [7, 11) is 2.27. The Bertz CT molecular complexity index is 474. The molecule has 3 aliphatic heterocycles. The maximum Gasteiger partial charge on any atom is 0.222 e. The van der Waals surface area contributed by atoms with E-state index in [1.54, 1.807) is 0 Å². The SMILES string of the molecule is C=CCN1CC[C@]2(CCC1=O)CN(C1CCN(CC)CC1)CCN2C. The number of amides is 1. The fourth-order valence-electron chi connectivity index (χ4n) is 4.99. The summed E-state index contributed by atoms with van der Waals surface area (Å²) in [6.07, 6.45) is 7.23. The number of rotatable bonds is 4. The predicted octanol–water partition coefficient (Wildman–Crippen LogP) is 1.66. The van der Waals surface area contributed by atoms with E-state index in [1.165, 1.54) is 39.0 Å². The number of piperazine rings is 1. The van der Waals surface area contributed by atoms with E-state index in [0.717, 1.165) is 38.5 Å². The first-order valence-electron chi connectivity index (χ1n) is 10.1. The molecule has 3 fully saturated rings. The molecule has 0 aromatic carbocycles. The average molecular weight is 349 g/mol. The summed E-state index contributed by atoms with van der Waals surface area (Å²) >= 11 is 0. The van der Waals surface area contributed by atoms with E-state index in [4.69, 9.17) is 0 Å². The molecule has 3 aliphatic rings. The summed E-state index contributed by atoms with van der Waals surface area (Å²) in [4.78, 5) is 22.3. The van der Waals surface area contributed by atoms with Gasteiger partial charge in [0.2, 0.25) is 5.91 Å². The Kier molecular flexibility index (Phi) is 6.18. The Hall–Kier alpha value is -0.910. The van der Waals surface area contributed by atoms with Crippen molar-refractivity contribution >= 4 is 5.91 Å². The lowest BCUT2D eigenvalue weighted by Gasteiger charge is -2.52. The molecule has 25 heavy (non-hydrogen) atoms. The third kappa shape index (κ3) is 4.09. The van der Waals surface area contributed by atoms with Crippen LogP contribution < -0.4 is 0 Å². The molecule has 0 saturated carbocycles. The van der Waals surface area contributed by atoms with E-state index in [0.29, 0.717) is 18.9 Å². The predicted molar refractivity (Wildman–Crippen MR) is 103 cm³/mol. The van der Waals surface area contributed by atoms with Gasteiger partial charge in [0.25, 0.3) is 0 Å². The molecule has 0 N–H and O–H groups in total. The number of likely N-dealkylation sites (tertiary alicyclic amines) is 2. The fourth-order valence-corrected chi connectivity index (χ4v) is 4.99. The molecule has 0 aromatic heterocycles. The molecule has 3 saturated heterocycles. The van der Waals surface area contributed by atoms with E-state index in [2.05, 4.69) is 35.3 Å². The number of carbonyl (C=O) groups excluding carboxylic acids is 1. The van der Waals surface area contributed by atoms with Crippen molar-refractivity contribution in [2.75, 3.05) is 59.4 Å². The minimum atomic E-state index is 0.172. The molecule has 0 unspecified atom stereocenters. The zero-order valence-corrected chi connectivity index (χ0v) is 16.3. The van der Waals surface area contributed by atoms with Gasteiger partial charge in [-0.25, -0.2) is 0 Å². The first-order chi connectivity index (χ1) is 12.1. The van der Waals surface area contributed by atoms with E-state index in [-0.39, 0.29) is 5.54 Å². The average Bonchev–Trinajstić information content (AvgIpc) is 2.79. The van der Waals surface area contributed by atoms with Gasteiger partial charge < -0.3 is 9.80 Å². The van der Waals surface area contributed by atoms with E-state index in [1.807, 2.05) is 11.0 Å². The number of hydrogen-bond acceptors (Lipinski definition) is 4. The molecule has 3 heterocycles. The van der Waals surface area contributed by atoms with E-state index in [9.17, 15) is 4.79 Å². The lowest BCUT2D eigenvalue weighted by atomic mass is 9.85. The molecule has 1 spiro atoms. The van der Waals surface area contributed by atoms with Crippen LogP contribution in [-0.4, -0.2) is 96.5 Å². The van der Waals surface area contributed by atoms with Gasteiger partial charge in [-0.05, 0) is 52.4 Å². The minimum absolute atomic E-state index is 0.172. The monoisotopic (exact) mass is 348 g/mol. The third-order valence-electron chi connectivity index (χ3n) is 6.90. The molecule has 0 aromatic rings. The number of carbonyl (C=O) groups is 1. The van der Waals surface area contributed by atoms with Crippen molar-refractivity contribution in [2.45, 2.75) is 50.6 Å². The molecule has 0 bridgehead atoms. The molecular weight excluding hydrogens is 312 g/mol. The van der Waals surface area contributed by atoms with Gasteiger partial charge in [0, 0.05) is 50.7 Å². The van der Waals surface area contributed by atoms with Crippen LogP contribution in [0.3, 0.4) is 0 Å². The molecule has 0 radical (unpaired) electrons. The Morgan fingerprint density at radius 3 is 2.60 bits per heavy atom. The van der Waals surface area contributed by atoms with E-state index < -0.39 is 0 Å². The van der Waals surface area contributed by atoms with Gasteiger partial charge in [-0.1, -0.05) is 13.0 Å². The fraction of sp³-hybridized carbons (Fsp3) is 0.850. The van der Waals surface area contributed by atoms with Gasteiger partial charge in [0.05, 0.1) is 0 Å². The molecule has 1 amide bonds. The van der Waals surface area contributed by atoms with Crippen molar-refractivity contribution < 1.29 is 4.79 Å². The maximum absolute atomic E-state index is 12.4. The number of hydrogen-bond donors (Lipinski definition) is 0. The van der Waals surface area contributed by atoms with Crippen LogP contribution in [0.5, 0.6) is 0 Å². The van der Waals surface area contributed by atoms with Crippen LogP contribution in [-0.2, 0) is 4.79 Å². The minimum Gasteiger partial charge on any atom is -0.339 e. The highest BCUT2D eigenvalue weighted by atomic mass is 16.2. The Labute approximate surface area is 153 Å². The summed E-state index contributed by atoms with van der Waals surface area (Å²) in [6, 6.07) is 0.733. The second kappa shape index (κ2) is 8.19. The van der Waals surface area contributed by atoms with Crippen molar-refractivity contribution in [1.82, 2.24) is 19.6 Å². The largest absolute Gasteiger partial charge is 0.339 e. The number of piperidine rings is 1. The van der Waals surface area contributed by atoms with Gasteiger partial charge in [-0.15, -0.1) is 6.58 Å².